The number of carbonyl (C=O) groups excluding carboxylic acids is 2. The predicted octanol–water partition coefficient (Wildman–Crippen LogP) is 2.08. The van der Waals surface area contributed by atoms with Gasteiger partial charge < -0.3 is 25.0 Å². The molecule has 0 radical (unpaired) electrons. The van der Waals surface area contributed by atoms with Crippen molar-refractivity contribution >= 4 is 19.1 Å². The van der Waals surface area contributed by atoms with Gasteiger partial charge in [-0.1, -0.05) is 12.1 Å². The van der Waals surface area contributed by atoms with Crippen LogP contribution in [0.25, 0.3) is 0 Å². The molecule has 13 heteroatoms. The van der Waals surface area contributed by atoms with Crippen molar-refractivity contribution in [3.63, 3.8) is 0 Å². The van der Waals surface area contributed by atoms with Crippen LogP contribution in [-0.2, 0) is 16.0 Å². The summed E-state index contributed by atoms with van der Waals surface area (Å²) >= 11 is 0. The van der Waals surface area contributed by atoms with E-state index in [1.165, 1.54) is 37.3 Å². The zero-order valence-electron chi connectivity index (χ0n) is 22.2. The van der Waals surface area contributed by atoms with Crippen LogP contribution < -0.4 is 5.32 Å². The van der Waals surface area contributed by atoms with Crippen LogP contribution in [0.3, 0.4) is 0 Å². The van der Waals surface area contributed by atoms with Gasteiger partial charge in [0.25, 0.3) is 5.91 Å². The lowest BCUT2D eigenvalue weighted by molar-refractivity contribution is -0.131. The lowest BCUT2D eigenvalue weighted by Gasteiger charge is -2.36. The first kappa shape index (κ1) is 30.5. The molecule has 2 saturated heterocycles. The van der Waals surface area contributed by atoms with Gasteiger partial charge >= 0.3 is 13.2 Å². The molecule has 2 amide bonds. The summed E-state index contributed by atoms with van der Waals surface area (Å²) in [5.41, 5.74) is -1.77. The molecule has 0 bridgehead atoms. The second-order valence-electron chi connectivity index (χ2n) is 10.9. The number of likely N-dealkylation sites (tertiary alicyclic amines) is 2. The van der Waals surface area contributed by atoms with Crippen molar-refractivity contribution in [3.05, 3.63) is 47.3 Å². The van der Waals surface area contributed by atoms with Gasteiger partial charge in [-0.2, -0.15) is 5.26 Å². The van der Waals surface area contributed by atoms with Gasteiger partial charge in [0.05, 0.1) is 18.0 Å². The highest BCUT2D eigenvalue weighted by Gasteiger charge is 2.47. The van der Waals surface area contributed by atoms with Crippen molar-refractivity contribution in [2.24, 2.45) is 0 Å². The molecule has 1 aromatic rings. The topological polar surface area (TPSA) is 126 Å². The summed E-state index contributed by atoms with van der Waals surface area (Å²) in [6.07, 6.45) is -1.81. The number of carbonyl (C=O) groups is 2. The third-order valence-corrected chi connectivity index (χ3v) is 7.28. The van der Waals surface area contributed by atoms with Crippen molar-refractivity contribution in [2.45, 2.75) is 69.4 Å². The molecule has 4 atom stereocenters. The van der Waals surface area contributed by atoms with Crippen molar-refractivity contribution in [1.29, 1.82) is 5.26 Å². The number of nitriles is 1. The standard InChI is InChI=1S/C26H34BF3N4O5/c1-25(2,33-9-8-20(29)14-33)11-18(13-31)23(35)34-15-21(30)12-26(34,3)16-39-24(36)32-22(27(37)38)10-17-4-6-19(28)7-5-17/h4-7,11,20-22,37-38H,8-10,12,14-16H2,1-3H3,(H,32,36)/t20-,21-,22?,26+/m0/s1. The maximum atomic E-state index is 14.5. The smallest absolute Gasteiger partial charge is 0.447 e. The highest BCUT2D eigenvalue weighted by Crippen LogP contribution is 2.33. The molecule has 9 nitrogen and oxygen atoms in total. The van der Waals surface area contributed by atoms with Crippen LogP contribution in [0.4, 0.5) is 18.0 Å². The number of halogens is 3. The van der Waals surface area contributed by atoms with Crippen LogP contribution in [0, 0.1) is 17.1 Å². The predicted molar refractivity (Wildman–Crippen MR) is 137 cm³/mol. The molecule has 2 aliphatic rings. The van der Waals surface area contributed by atoms with Crippen LogP contribution in [0.15, 0.2) is 35.9 Å². The van der Waals surface area contributed by atoms with Gasteiger partial charge in [0.15, 0.2) is 0 Å². The summed E-state index contributed by atoms with van der Waals surface area (Å²) in [6.45, 7) is 4.98. The molecule has 2 fully saturated rings. The molecule has 212 valence electrons. The van der Waals surface area contributed by atoms with E-state index in [1.54, 1.807) is 13.8 Å². The van der Waals surface area contributed by atoms with E-state index >= 15 is 0 Å². The number of nitrogens with one attached hydrogen (secondary N) is 1. The highest BCUT2D eigenvalue weighted by molar-refractivity contribution is 6.43. The highest BCUT2D eigenvalue weighted by atomic mass is 19.1. The maximum Gasteiger partial charge on any atom is 0.475 e. The van der Waals surface area contributed by atoms with E-state index in [9.17, 15) is 38.1 Å². The van der Waals surface area contributed by atoms with Crippen molar-refractivity contribution in [2.75, 3.05) is 26.2 Å². The summed E-state index contributed by atoms with van der Waals surface area (Å²) in [4.78, 5) is 28.8. The number of rotatable bonds is 9. The number of hydrogen-bond donors (Lipinski definition) is 3. The number of benzene rings is 1. The second-order valence-corrected chi connectivity index (χ2v) is 10.9. The largest absolute Gasteiger partial charge is 0.475 e. The summed E-state index contributed by atoms with van der Waals surface area (Å²) in [5.74, 6) is -2.38. The number of amides is 2. The van der Waals surface area contributed by atoms with E-state index in [-0.39, 0.29) is 31.5 Å². The van der Waals surface area contributed by atoms with E-state index in [2.05, 4.69) is 5.32 Å². The lowest BCUT2D eigenvalue weighted by atomic mass is 9.76. The van der Waals surface area contributed by atoms with Gasteiger partial charge in [-0.05, 0) is 57.4 Å². The zero-order chi connectivity index (χ0) is 29.0. The average molecular weight is 550 g/mol. The van der Waals surface area contributed by atoms with Crippen molar-refractivity contribution < 1.29 is 37.5 Å². The molecule has 1 aromatic carbocycles. The third-order valence-electron chi connectivity index (χ3n) is 7.28. The minimum atomic E-state index is -1.95. The Balaban J connectivity index is 1.68. The summed E-state index contributed by atoms with van der Waals surface area (Å²) < 4.78 is 46.7. The summed E-state index contributed by atoms with van der Waals surface area (Å²) in [6, 6.07) is 7.14. The normalized spacial score (nSPS) is 24.8. The van der Waals surface area contributed by atoms with E-state index in [0.717, 1.165) is 4.90 Å². The fraction of sp³-hybridized carbons (Fsp3) is 0.577. The Kier molecular flexibility index (Phi) is 9.69. The first-order valence-electron chi connectivity index (χ1n) is 12.8. The minimum Gasteiger partial charge on any atom is -0.447 e. The Hall–Kier alpha value is -3.08. The zero-order valence-corrected chi connectivity index (χ0v) is 22.2. The third kappa shape index (κ3) is 7.74. The summed E-state index contributed by atoms with van der Waals surface area (Å²) in [5, 5.41) is 31.4. The van der Waals surface area contributed by atoms with Crippen LogP contribution in [0.5, 0.6) is 0 Å². The monoisotopic (exact) mass is 550 g/mol. The SMILES string of the molecule is CC(C)(C=C(C#N)C(=O)N1C[C@@H](F)C[C@]1(C)COC(=O)NC(Cc1ccc(F)cc1)B(O)O)N1CC[C@H](F)C1. The molecule has 2 heterocycles. The molecule has 0 aliphatic carbocycles. The van der Waals surface area contributed by atoms with Crippen LogP contribution >= 0.6 is 0 Å². The molecule has 39 heavy (non-hydrogen) atoms. The number of alkyl carbamates (subject to hydrolysis) is 1. The number of nitrogens with zero attached hydrogens (tertiary/aromatic N) is 3. The molecular weight excluding hydrogens is 516 g/mol. The fourth-order valence-corrected chi connectivity index (χ4v) is 5.03. The Morgan fingerprint density at radius 2 is 1.95 bits per heavy atom. The second kappa shape index (κ2) is 12.4. The van der Waals surface area contributed by atoms with Gasteiger partial charge in [-0.25, -0.2) is 18.0 Å². The maximum absolute atomic E-state index is 14.5. The van der Waals surface area contributed by atoms with Gasteiger partial charge in [0, 0.05) is 25.0 Å². The average Bonchev–Trinajstić information content (AvgIpc) is 3.44. The van der Waals surface area contributed by atoms with Crippen LogP contribution in [-0.4, -0.2) is 94.6 Å². The van der Waals surface area contributed by atoms with E-state index in [0.29, 0.717) is 18.5 Å². The Bertz CT molecular complexity index is 1110. The van der Waals surface area contributed by atoms with Crippen molar-refractivity contribution in [3.8, 4) is 6.07 Å². The number of ether oxygens (including phenoxy) is 1. The Labute approximate surface area is 226 Å². The van der Waals surface area contributed by atoms with E-state index in [1.807, 2.05) is 11.0 Å². The lowest BCUT2D eigenvalue weighted by Crippen LogP contribution is -2.52. The molecule has 0 spiro atoms. The number of alkyl halides is 2. The Morgan fingerprint density at radius 3 is 2.51 bits per heavy atom. The first-order valence-corrected chi connectivity index (χ1v) is 12.8. The van der Waals surface area contributed by atoms with Gasteiger partial charge in [-0.3, -0.25) is 9.69 Å². The molecule has 0 saturated carbocycles. The van der Waals surface area contributed by atoms with Crippen LogP contribution in [0.2, 0.25) is 0 Å². The van der Waals surface area contributed by atoms with Gasteiger partial charge in [0.1, 0.15) is 36.4 Å². The van der Waals surface area contributed by atoms with Gasteiger partial charge in [-0.15, -0.1) is 0 Å². The van der Waals surface area contributed by atoms with Crippen LogP contribution in [0.1, 0.15) is 39.2 Å². The molecule has 3 N–H and O–H groups in total. The molecule has 1 unspecified atom stereocenters. The molecule has 2 aliphatic heterocycles. The van der Waals surface area contributed by atoms with E-state index in [4.69, 9.17) is 4.74 Å². The van der Waals surface area contributed by atoms with Gasteiger partial charge in [0.2, 0.25) is 0 Å². The molecular formula is C26H34BF3N4O5. The first-order chi connectivity index (χ1) is 18.2. The molecule has 3 rings (SSSR count). The van der Waals surface area contributed by atoms with E-state index < -0.39 is 60.9 Å². The van der Waals surface area contributed by atoms with Crippen molar-refractivity contribution in [1.82, 2.24) is 15.1 Å². The summed E-state index contributed by atoms with van der Waals surface area (Å²) in [7, 11) is -1.95. The Morgan fingerprint density at radius 1 is 1.28 bits per heavy atom. The number of hydrogen-bond acceptors (Lipinski definition) is 7. The quantitative estimate of drug-likeness (QED) is 0.244. The molecule has 0 aromatic heterocycles. The fourth-order valence-electron chi connectivity index (χ4n) is 5.03. The minimum absolute atomic E-state index is 0.0340.